The van der Waals surface area contributed by atoms with Gasteiger partial charge in [-0.25, -0.2) is 23.3 Å². The highest BCUT2D eigenvalue weighted by Crippen LogP contribution is 1.88. The molecule has 0 aliphatic rings. The van der Waals surface area contributed by atoms with Gasteiger partial charge in [0.25, 0.3) is 10.2 Å². The first kappa shape index (κ1) is 14.7. The maximum Gasteiger partial charge on any atom is 0.291 e. The summed E-state index contributed by atoms with van der Waals surface area (Å²) in [4.78, 5) is 0. The van der Waals surface area contributed by atoms with Gasteiger partial charge in [0.1, 0.15) is 5.88 Å². The molecule has 0 spiro atoms. The van der Waals surface area contributed by atoms with Crippen LogP contribution in [0.4, 0.5) is 0 Å². The molecule has 0 atom stereocenters. The summed E-state index contributed by atoms with van der Waals surface area (Å²) >= 11 is 0. The molecular weight excluding hydrogens is 244 g/mol. The van der Waals surface area contributed by atoms with Crippen molar-refractivity contribution < 1.29 is 16.8 Å². The van der Waals surface area contributed by atoms with E-state index in [0.717, 1.165) is 0 Å². The zero-order valence-corrected chi connectivity index (χ0v) is 10.4. The molecule has 15 heavy (non-hydrogen) atoms. The molecule has 0 aliphatic heterocycles. The van der Waals surface area contributed by atoms with E-state index in [1.165, 1.54) is 14.1 Å². The van der Waals surface area contributed by atoms with Gasteiger partial charge in [-0.2, -0.15) is 8.42 Å². The quantitative estimate of drug-likeness (QED) is 0.450. The highest BCUT2D eigenvalue weighted by atomic mass is 32.2. The maximum atomic E-state index is 11.1. The van der Waals surface area contributed by atoms with Crippen LogP contribution in [-0.4, -0.2) is 47.8 Å². The molecule has 0 amide bonds. The smallest absolute Gasteiger partial charge is 0.224 e. The summed E-state index contributed by atoms with van der Waals surface area (Å²) in [6.45, 7) is 1.89. The molecule has 0 aromatic carbocycles. The molecule has 92 valence electrons. The molecule has 0 radical (unpaired) electrons. The Bertz CT molecular complexity index is 376. The second-order valence-corrected chi connectivity index (χ2v) is 6.30. The monoisotopic (exact) mass is 260 g/mol. The molecule has 0 saturated heterocycles. The van der Waals surface area contributed by atoms with Crippen molar-refractivity contribution in [2.45, 2.75) is 6.92 Å². The van der Waals surface area contributed by atoms with Gasteiger partial charge in [0, 0.05) is 20.6 Å². The average Bonchev–Trinajstić information content (AvgIpc) is 2.14. The lowest BCUT2D eigenvalue weighted by molar-refractivity contribution is 0.386. The predicted molar refractivity (Wildman–Crippen MR) is 56.3 cm³/mol. The largest absolute Gasteiger partial charge is 0.291 e. The first-order chi connectivity index (χ1) is 6.75. The molecule has 0 aromatic heterocycles. The Morgan fingerprint density at radius 3 is 2.13 bits per heavy atom. The summed E-state index contributed by atoms with van der Waals surface area (Å²) in [7, 11) is -4.72. The van der Waals surface area contributed by atoms with Crippen molar-refractivity contribution in [2.75, 3.05) is 26.5 Å². The van der Waals surface area contributed by atoms with Gasteiger partial charge in [-0.15, -0.1) is 4.41 Å². The molecule has 0 unspecified atom stereocenters. The Labute approximate surface area is 90.2 Å². The van der Waals surface area contributed by atoms with Crippen LogP contribution in [0.25, 0.3) is 0 Å². The highest BCUT2D eigenvalue weighted by Gasteiger charge is 2.17. The Morgan fingerprint density at radius 1 is 1.20 bits per heavy atom. The van der Waals surface area contributed by atoms with Gasteiger partial charge in [0.15, 0.2) is 0 Å². The van der Waals surface area contributed by atoms with Crippen LogP contribution in [0.1, 0.15) is 6.92 Å². The molecule has 0 bridgehead atoms. The molecule has 0 saturated carbocycles. The summed E-state index contributed by atoms with van der Waals surface area (Å²) in [6.07, 6.45) is 0. The second-order valence-electron chi connectivity index (χ2n) is 2.59. The minimum atomic E-state index is -3.66. The lowest BCUT2D eigenvalue weighted by atomic mass is 10.8. The molecule has 0 aromatic rings. The SMILES string of the molecule is CCNS(=O)(=O)CNN(C)S(=O)(=O)NC. The second kappa shape index (κ2) is 5.72. The van der Waals surface area contributed by atoms with Gasteiger partial charge in [-0.3, -0.25) is 0 Å². The summed E-state index contributed by atoms with van der Waals surface area (Å²) in [5.74, 6) is -0.502. The van der Waals surface area contributed by atoms with Crippen LogP contribution in [0.2, 0.25) is 0 Å². The van der Waals surface area contributed by atoms with E-state index in [1.54, 1.807) is 6.92 Å². The third kappa shape index (κ3) is 5.39. The molecule has 0 rings (SSSR count). The number of sulfonamides is 1. The summed E-state index contributed by atoms with van der Waals surface area (Å²) < 4.78 is 49.4. The number of nitrogens with zero attached hydrogens (tertiary/aromatic N) is 1. The van der Waals surface area contributed by atoms with Gasteiger partial charge >= 0.3 is 0 Å². The van der Waals surface area contributed by atoms with Gasteiger partial charge in [-0.05, 0) is 0 Å². The minimum Gasteiger partial charge on any atom is -0.224 e. The van der Waals surface area contributed by atoms with Crippen molar-refractivity contribution in [1.29, 1.82) is 0 Å². The van der Waals surface area contributed by atoms with Crippen molar-refractivity contribution in [2.24, 2.45) is 0 Å². The van der Waals surface area contributed by atoms with Crippen molar-refractivity contribution in [3.8, 4) is 0 Å². The molecular formula is C5H16N4O4S2. The van der Waals surface area contributed by atoms with Gasteiger partial charge in [-0.1, -0.05) is 6.92 Å². The first-order valence-electron chi connectivity index (χ1n) is 4.13. The number of nitrogens with one attached hydrogen (secondary N) is 3. The van der Waals surface area contributed by atoms with Crippen LogP contribution < -0.4 is 14.9 Å². The van der Waals surface area contributed by atoms with Crippen molar-refractivity contribution in [1.82, 2.24) is 19.3 Å². The standard InChI is InChI=1S/C5H16N4O4S2/c1-4-8-14(10,11)5-7-9(3)15(12,13)6-2/h6-8H,4-5H2,1-3H3. The number of rotatable bonds is 7. The Balaban J connectivity index is 4.30. The molecule has 0 fully saturated rings. The maximum absolute atomic E-state index is 11.1. The van der Waals surface area contributed by atoms with Gasteiger partial charge < -0.3 is 0 Å². The van der Waals surface area contributed by atoms with Gasteiger partial charge in [0.05, 0.1) is 0 Å². The van der Waals surface area contributed by atoms with E-state index < -0.39 is 26.1 Å². The molecule has 10 heteroatoms. The molecule has 3 N–H and O–H groups in total. The van der Waals surface area contributed by atoms with E-state index in [1.807, 2.05) is 4.72 Å². The van der Waals surface area contributed by atoms with Crippen molar-refractivity contribution >= 4 is 20.2 Å². The number of hydrogen-bond acceptors (Lipinski definition) is 5. The zero-order valence-electron chi connectivity index (χ0n) is 8.81. The normalized spacial score (nSPS) is 13.3. The third-order valence-electron chi connectivity index (χ3n) is 1.46. The predicted octanol–water partition coefficient (Wildman–Crippen LogP) is -2.22. The lowest BCUT2D eigenvalue weighted by Crippen LogP contribution is -2.48. The fourth-order valence-electron chi connectivity index (χ4n) is 0.669. The van der Waals surface area contributed by atoms with E-state index in [9.17, 15) is 16.8 Å². The van der Waals surface area contributed by atoms with E-state index >= 15 is 0 Å². The molecule has 0 aliphatic carbocycles. The van der Waals surface area contributed by atoms with E-state index in [4.69, 9.17) is 0 Å². The van der Waals surface area contributed by atoms with Crippen LogP contribution in [-0.2, 0) is 20.2 Å². The number of hydrogen-bond donors (Lipinski definition) is 3. The summed E-state index contributed by atoms with van der Waals surface area (Å²) in [5.41, 5.74) is 2.23. The summed E-state index contributed by atoms with van der Waals surface area (Å²) in [6, 6.07) is 0. The molecule has 8 nitrogen and oxygen atoms in total. The van der Waals surface area contributed by atoms with Crippen LogP contribution >= 0.6 is 0 Å². The first-order valence-corrected chi connectivity index (χ1v) is 7.22. The Morgan fingerprint density at radius 2 is 1.73 bits per heavy atom. The van der Waals surface area contributed by atoms with Gasteiger partial charge in [0.2, 0.25) is 10.0 Å². The van der Waals surface area contributed by atoms with Crippen LogP contribution in [0.3, 0.4) is 0 Å². The minimum absolute atomic E-state index is 0.256. The van der Waals surface area contributed by atoms with Crippen LogP contribution in [0, 0.1) is 0 Å². The number of hydrazine groups is 1. The van der Waals surface area contributed by atoms with Crippen molar-refractivity contribution in [3.05, 3.63) is 0 Å². The topological polar surface area (TPSA) is 108 Å². The van der Waals surface area contributed by atoms with Crippen LogP contribution in [0.15, 0.2) is 0 Å². The highest BCUT2D eigenvalue weighted by molar-refractivity contribution is 7.89. The van der Waals surface area contributed by atoms with E-state index in [2.05, 4.69) is 10.1 Å². The Hall–Kier alpha value is -0.260. The van der Waals surface area contributed by atoms with Crippen molar-refractivity contribution in [3.63, 3.8) is 0 Å². The fraction of sp³-hybridized carbons (Fsp3) is 1.00. The molecule has 0 heterocycles. The Kier molecular flexibility index (Phi) is 5.62. The fourth-order valence-corrected chi connectivity index (χ4v) is 2.16. The zero-order chi connectivity index (χ0) is 12.1. The third-order valence-corrected chi connectivity index (χ3v) is 4.06. The van der Waals surface area contributed by atoms with E-state index in [0.29, 0.717) is 4.41 Å². The van der Waals surface area contributed by atoms with E-state index in [-0.39, 0.29) is 6.54 Å². The lowest BCUT2D eigenvalue weighted by Gasteiger charge is -2.17. The van der Waals surface area contributed by atoms with Crippen LogP contribution in [0.5, 0.6) is 0 Å². The summed E-state index contributed by atoms with van der Waals surface area (Å²) in [5, 5.41) is 0. The average molecular weight is 260 g/mol.